The van der Waals surface area contributed by atoms with Gasteiger partial charge in [0.2, 0.25) is 0 Å². The van der Waals surface area contributed by atoms with E-state index in [0.717, 1.165) is 11.1 Å². The lowest BCUT2D eigenvalue weighted by Crippen LogP contribution is -2.10. The van der Waals surface area contributed by atoms with E-state index in [2.05, 4.69) is 4.98 Å². The molecule has 2 aromatic heterocycles. The van der Waals surface area contributed by atoms with E-state index in [1.165, 1.54) is 17.5 Å². The van der Waals surface area contributed by atoms with Crippen LogP contribution in [0.1, 0.15) is 18.1 Å². The summed E-state index contributed by atoms with van der Waals surface area (Å²) in [5.74, 6) is 1.96. The van der Waals surface area contributed by atoms with Gasteiger partial charge in [0.1, 0.15) is 30.5 Å². The number of carbonyl (C=O) groups excluding carboxylic acids is 1. The van der Waals surface area contributed by atoms with Gasteiger partial charge >= 0.3 is 6.16 Å². The Hall–Kier alpha value is -3.49. The average molecular weight is 485 g/mol. The Balaban J connectivity index is 1.44. The lowest BCUT2D eigenvalue weighted by atomic mass is 10.2. The molecule has 0 bridgehead atoms. The summed E-state index contributed by atoms with van der Waals surface area (Å²) in [5, 5.41) is 3.28. The smallest absolute Gasteiger partial charge is 0.489 e. The Morgan fingerprint density at radius 1 is 1.09 bits per heavy atom. The number of ether oxygens (including phenoxy) is 4. The molecule has 0 aliphatic heterocycles. The van der Waals surface area contributed by atoms with Crippen LogP contribution in [0.4, 0.5) is 10.6 Å². The molecule has 0 aliphatic carbocycles. The SMILES string of the molecule is CCOC(=O)Oc1cnc(N)c2c(COc3cccc(OCc4ccc(Cl)cc4)c3)csc12. The fourth-order valence-corrected chi connectivity index (χ4v) is 4.22. The first-order valence-electron chi connectivity index (χ1n) is 10.1. The van der Waals surface area contributed by atoms with Gasteiger partial charge in [0.25, 0.3) is 0 Å². The van der Waals surface area contributed by atoms with Gasteiger partial charge in [0.05, 0.1) is 17.5 Å². The topological polar surface area (TPSA) is 92.9 Å². The number of nitrogens with two attached hydrogens (primary N) is 1. The largest absolute Gasteiger partial charge is 0.513 e. The minimum Gasteiger partial charge on any atom is -0.489 e. The Labute approximate surface area is 199 Å². The highest BCUT2D eigenvalue weighted by Crippen LogP contribution is 2.37. The number of fused-ring (bicyclic) bond motifs is 1. The molecule has 7 nitrogen and oxygen atoms in total. The molecule has 0 unspecified atom stereocenters. The predicted octanol–water partition coefficient (Wildman–Crippen LogP) is 6.23. The van der Waals surface area contributed by atoms with Gasteiger partial charge in [-0.25, -0.2) is 9.78 Å². The standard InChI is InChI=1S/C24H21ClN2O5S/c1-2-29-24(28)32-20-11-27-23(26)21-16(14-33-22(20)21)13-31-19-5-3-4-18(10-19)30-12-15-6-8-17(25)9-7-15/h3-11,14H,2,12-13H2,1H3,(H2,26,27). The van der Waals surface area contributed by atoms with Gasteiger partial charge in [-0.15, -0.1) is 11.3 Å². The molecular formula is C24H21ClN2O5S. The highest BCUT2D eigenvalue weighted by Gasteiger charge is 2.17. The van der Waals surface area contributed by atoms with Crippen LogP contribution < -0.4 is 19.9 Å². The summed E-state index contributed by atoms with van der Waals surface area (Å²) in [7, 11) is 0. The normalized spacial score (nSPS) is 10.7. The fourth-order valence-electron chi connectivity index (χ4n) is 3.09. The Kier molecular flexibility index (Phi) is 7.16. The molecule has 0 radical (unpaired) electrons. The van der Waals surface area contributed by atoms with Crippen LogP contribution in [0.15, 0.2) is 60.1 Å². The number of rotatable bonds is 8. The molecule has 9 heteroatoms. The molecule has 4 rings (SSSR count). The fraction of sp³-hybridized carbons (Fsp3) is 0.167. The molecule has 0 amide bonds. The zero-order chi connectivity index (χ0) is 23.2. The Morgan fingerprint density at radius 2 is 1.82 bits per heavy atom. The molecule has 0 saturated carbocycles. The van der Waals surface area contributed by atoms with Gasteiger partial charge in [0, 0.05) is 22.0 Å². The predicted molar refractivity (Wildman–Crippen MR) is 128 cm³/mol. The quantitative estimate of drug-likeness (QED) is 0.296. The van der Waals surface area contributed by atoms with Crippen molar-refractivity contribution in [1.29, 1.82) is 0 Å². The second-order valence-corrected chi connectivity index (χ2v) is 8.25. The second-order valence-electron chi connectivity index (χ2n) is 6.94. The van der Waals surface area contributed by atoms with Crippen molar-refractivity contribution in [2.75, 3.05) is 12.3 Å². The van der Waals surface area contributed by atoms with Crippen molar-refractivity contribution in [2.45, 2.75) is 20.1 Å². The van der Waals surface area contributed by atoms with E-state index in [-0.39, 0.29) is 13.2 Å². The van der Waals surface area contributed by atoms with E-state index in [1.807, 2.05) is 53.9 Å². The zero-order valence-electron chi connectivity index (χ0n) is 17.7. The summed E-state index contributed by atoms with van der Waals surface area (Å²) in [6, 6.07) is 14.9. The number of aromatic nitrogens is 1. The first-order valence-corrected chi connectivity index (χ1v) is 11.4. The number of nitrogen functional groups attached to an aromatic ring is 1. The number of halogens is 1. The summed E-state index contributed by atoms with van der Waals surface area (Å²) in [5.41, 5.74) is 7.95. The summed E-state index contributed by atoms with van der Waals surface area (Å²) in [6.07, 6.45) is 0.629. The molecule has 0 spiro atoms. The molecule has 170 valence electrons. The minimum absolute atomic E-state index is 0.219. The van der Waals surface area contributed by atoms with Crippen LogP contribution in [0, 0.1) is 0 Å². The lowest BCUT2D eigenvalue weighted by Gasteiger charge is -2.10. The molecule has 2 aromatic carbocycles. The molecule has 4 aromatic rings. The third-order valence-electron chi connectivity index (χ3n) is 4.64. The summed E-state index contributed by atoms with van der Waals surface area (Å²) in [4.78, 5) is 15.9. The highest BCUT2D eigenvalue weighted by atomic mass is 35.5. The maximum atomic E-state index is 11.7. The van der Waals surface area contributed by atoms with Crippen molar-refractivity contribution in [1.82, 2.24) is 4.98 Å². The minimum atomic E-state index is -0.785. The molecule has 0 atom stereocenters. The Bertz CT molecular complexity index is 1260. The number of hydrogen-bond donors (Lipinski definition) is 1. The maximum absolute atomic E-state index is 11.7. The summed E-state index contributed by atoms with van der Waals surface area (Å²) >= 11 is 7.31. The number of thiophene rings is 1. The van der Waals surface area contributed by atoms with Gasteiger partial charge in [-0.2, -0.15) is 0 Å². The maximum Gasteiger partial charge on any atom is 0.513 e. The van der Waals surface area contributed by atoms with Crippen molar-refractivity contribution in [3.8, 4) is 17.2 Å². The van der Waals surface area contributed by atoms with Gasteiger partial charge in [-0.05, 0) is 42.1 Å². The third-order valence-corrected chi connectivity index (χ3v) is 5.94. The van der Waals surface area contributed by atoms with E-state index in [4.69, 9.17) is 36.3 Å². The van der Waals surface area contributed by atoms with Crippen LogP contribution in [0.25, 0.3) is 10.1 Å². The zero-order valence-corrected chi connectivity index (χ0v) is 19.3. The van der Waals surface area contributed by atoms with Gasteiger partial charge < -0.3 is 24.7 Å². The van der Waals surface area contributed by atoms with Crippen LogP contribution in [-0.4, -0.2) is 17.7 Å². The number of hydrogen-bond acceptors (Lipinski definition) is 8. The van der Waals surface area contributed by atoms with E-state index >= 15 is 0 Å². The molecular weight excluding hydrogens is 464 g/mol. The van der Waals surface area contributed by atoms with Crippen molar-refractivity contribution in [2.24, 2.45) is 0 Å². The summed E-state index contributed by atoms with van der Waals surface area (Å²) < 4.78 is 22.6. The van der Waals surface area contributed by atoms with Crippen molar-refractivity contribution >= 4 is 45.0 Å². The van der Waals surface area contributed by atoms with Crippen LogP contribution in [0.3, 0.4) is 0 Å². The average Bonchev–Trinajstić information content (AvgIpc) is 3.25. The van der Waals surface area contributed by atoms with Crippen molar-refractivity contribution in [3.63, 3.8) is 0 Å². The van der Waals surface area contributed by atoms with Crippen molar-refractivity contribution in [3.05, 3.63) is 76.3 Å². The van der Waals surface area contributed by atoms with Crippen LogP contribution in [0.5, 0.6) is 17.2 Å². The number of benzene rings is 2. The molecule has 2 heterocycles. The number of carbonyl (C=O) groups is 1. The molecule has 0 fully saturated rings. The molecule has 33 heavy (non-hydrogen) atoms. The lowest BCUT2D eigenvalue weighted by molar-refractivity contribution is 0.105. The van der Waals surface area contributed by atoms with E-state index < -0.39 is 6.16 Å². The van der Waals surface area contributed by atoms with Crippen LogP contribution >= 0.6 is 22.9 Å². The van der Waals surface area contributed by atoms with Crippen molar-refractivity contribution < 1.29 is 23.7 Å². The molecule has 0 aliphatic rings. The number of anilines is 1. The van der Waals surface area contributed by atoms with E-state index in [1.54, 1.807) is 6.92 Å². The molecule has 0 saturated heterocycles. The van der Waals surface area contributed by atoms with E-state index in [0.29, 0.717) is 44.8 Å². The van der Waals surface area contributed by atoms with Gasteiger partial charge in [0.15, 0.2) is 5.75 Å². The summed E-state index contributed by atoms with van der Waals surface area (Å²) in [6.45, 7) is 2.60. The van der Waals surface area contributed by atoms with Gasteiger partial charge in [-0.1, -0.05) is 29.8 Å². The van der Waals surface area contributed by atoms with Crippen LogP contribution in [0.2, 0.25) is 5.02 Å². The number of nitrogens with zero attached hydrogens (tertiary/aromatic N) is 1. The number of pyridine rings is 1. The highest BCUT2D eigenvalue weighted by molar-refractivity contribution is 7.17. The molecule has 2 N–H and O–H groups in total. The Morgan fingerprint density at radius 3 is 2.55 bits per heavy atom. The van der Waals surface area contributed by atoms with Crippen LogP contribution in [-0.2, 0) is 18.0 Å². The third kappa shape index (κ3) is 5.66. The second kappa shape index (κ2) is 10.4. The first kappa shape index (κ1) is 22.7. The van der Waals surface area contributed by atoms with E-state index in [9.17, 15) is 4.79 Å². The monoisotopic (exact) mass is 484 g/mol. The van der Waals surface area contributed by atoms with Gasteiger partial charge in [-0.3, -0.25) is 0 Å². The first-order chi connectivity index (χ1) is 16.0.